The largest absolute Gasteiger partial charge is 0.465 e. The summed E-state index contributed by atoms with van der Waals surface area (Å²) in [5, 5.41) is 0. The number of hydrogen-bond acceptors (Lipinski definition) is 10. The lowest BCUT2D eigenvalue weighted by Crippen LogP contribution is -2.20. The zero-order chi connectivity index (χ0) is 70.7. The van der Waals surface area contributed by atoms with Crippen LogP contribution in [0.25, 0.3) is 0 Å². The van der Waals surface area contributed by atoms with Crippen LogP contribution in [0.3, 0.4) is 0 Å². The Morgan fingerprint density at radius 3 is 0.646 bits per heavy atom. The normalized spacial score (nSPS) is 12.2. The third kappa shape index (κ3) is 76.0. The Morgan fingerprint density at radius 1 is 0.229 bits per heavy atom. The number of nitrogens with zero attached hydrogens (tertiary/aromatic N) is 2. The molecule has 0 fully saturated rings. The summed E-state index contributed by atoms with van der Waals surface area (Å²) < 4.78 is 23.8. The number of carbonyl (C=O) groups excluding carboxylic acids is 4. The molecule has 0 aliphatic carbocycles. The number of hydrogen-bond donors (Lipinski definition) is 0. The molecular formula is C86H170N2O8. The summed E-state index contributed by atoms with van der Waals surface area (Å²) in [5.41, 5.74) is 0. The molecule has 2 atom stereocenters. The highest BCUT2D eigenvalue weighted by molar-refractivity contribution is 5.70. The van der Waals surface area contributed by atoms with Crippen LogP contribution in [-0.4, -0.2) is 99.9 Å². The predicted octanol–water partition coefficient (Wildman–Crippen LogP) is 26.5. The lowest BCUT2D eigenvalue weighted by molar-refractivity contribution is -0.151. The van der Waals surface area contributed by atoms with E-state index in [0.29, 0.717) is 38.2 Å². The van der Waals surface area contributed by atoms with Gasteiger partial charge in [-0.25, -0.2) is 0 Å². The molecule has 0 bridgehead atoms. The minimum atomic E-state index is -0.0391. The van der Waals surface area contributed by atoms with Crippen LogP contribution in [0.15, 0.2) is 0 Å². The molecule has 0 aliphatic heterocycles. The molecule has 0 heterocycles. The summed E-state index contributed by atoms with van der Waals surface area (Å²) in [7, 11) is 8.17. The minimum absolute atomic E-state index is 0.00671. The summed E-state index contributed by atoms with van der Waals surface area (Å²) in [5.74, 6) is 0.457. The Hall–Kier alpha value is -2.20. The van der Waals surface area contributed by atoms with E-state index in [1.807, 2.05) is 28.2 Å². The zero-order valence-corrected chi connectivity index (χ0v) is 66.6. The Labute approximate surface area is 599 Å². The number of ether oxygens (including phenoxy) is 4. The smallest absolute Gasteiger partial charge is 0.306 e. The molecule has 0 rings (SSSR count). The van der Waals surface area contributed by atoms with Crippen molar-refractivity contribution in [1.29, 1.82) is 0 Å². The van der Waals surface area contributed by atoms with Gasteiger partial charge in [-0.2, -0.15) is 0 Å². The van der Waals surface area contributed by atoms with E-state index < -0.39 is 0 Å². The summed E-state index contributed by atoms with van der Waals surface area (Å²) in [6.45, 7) is 16.0. The van der Waals surface area contributed by atoms with Gasteiger partial charge in [0.05, 0.1) is 6.61 Å². The van der Waals surface area contributed by atoms with E-state index in [9.17, 15) is 19.2 Å². The van der Waals surface area contributed by atoms with E-state index in [1.165, 1.54) is 270 Å². The van der Waals surface area contributed by atoms with Crippen LogP contribution in [0.4, 0.5) is 0 Å². The summed E-state index contributed by atoms with van der Waals surface area (Å²) in [6.07, 6.45) is 77.0. The van der Waals surface area contributed by atoms with Crippen LogP contribution in [0, 0.1) is 5.92 Å². The Morgan fingerprint density at radius 2 is 0.417 bits per heavy atom. The predicted molar refractivity (Wildman–Crippen MR) is 415 cm³/mol. The van der Waals surface area contributed by atoms with Crippen molar-refractivity contribution in [3.8, 4) is 0 Å². The molecule has 2 unspecified atom stereocenters. The molecule has 0 aromatic rings. The van der Waals surface area contributed by atoms with Gasteiger partial charge in [-0.1, -0.05) is 318 Å². The van der Waals surface area contributed by atoms with Gasteiger partial charge in [-0.15, -0.1) is 0 Å². The third-order valence-corrected chi connectivity index (χ3v) is 19.9. The van der Waals surface area contributed by atoms with Crippen LogP contribution in [0.1, 0.15) is 459 Å². The third-order valence-electron chi connectivity index (χ3n) is 19.9. The van der Waals surface area contributed by atoms with E-state index in [-0.39, 0.29) is 42.2 Å². The van der Waals surface area contributed by atoms with E-state index >= 15 is 0 Å². The van der Waals surface area contributed by atoms with Gasteiger partial charge in [-0.05, 0) is 163 Å². The van der Waals surface area contributed by atoms with Crippen molar-refractivity contribution < 1.29 is 38.1 Å². The lowest BCUT2D eigenvalue weighted by Gasteiger charge is -2.19. The fourth-order valence-electron chi connectivity index (χ4n) is 13.5. The maximum absolute atomic E-state index is 12.7. The molecule has 0 amide bonds. The molecule has 0 N–H and O–H groups in total. The van der Waals surface area contributed by atoms with Gasteiger partial charge < -0.3 is 28.7 Å². The molecule has 0 aromatic carbocycles. The average Bonchev–Trinajstić information content (AvgIpc) is 2.95. The topological polar surface area (TPSA) is 112 Å². The highest BCUT2D eigenvalue weighted by Gasteiger charge is 2.19. The molecule has 0 spiro atoms. The van der Waals surface area contributed by atoms with Crippen molar-refractivity contribution in [1.82, 2.24) is 9.80 Å². The molecule has 0 saturated carbocycles. The maximum Gasteiger partial charge on any atom is 0.306 e. The molecule has 0 saturated heterocycles. The Bertz CT molecular complexity index is 1550. The molecule has 96 heavy (non-hydrogen) atoms. The van der Waals surface area contributed by atoms with Crippen LogP contribution in [-0.2, 0) is 38.1 Å². The molecule has 10 heteroatoms. The van der Waals surface area contributed by atoms with Crippen LogP contribution >= 0.6 is 0 Å². The standard InChI is InChI=1S/C47H93NO4.C39H77NO4/c1-6-9-12-15-17-19-21-23-26-30-36-44(37-31-27-24-22-20-18-16-13-10-7-2)43-51-46(49)40-34-29-28-33-39-45(38-32-25-14-11-8-3)52-47(50)41-35-42-48(4)5;1-6-9-12-15-19-24-30-36(31-25-20-16-13-10-7-2)43-38(41)33-27-22-17-21-26-32-37(29-23-18-14-11-8-3)44-39(42)34-28-35-40(4)5/h44-45H,6-43H2,1-5H3;36-37H,6-35H2,1-5H3. The first-order valence-corrected chi connectivity index (χ1v) is 42.9. The van der Waals surface area contributed by atoms with Gasteiger partial charge in [0.2, 0.25) is 0 Å². The minimum Gasteiger partial charge on any atom is -0.465 e. The number of unbranched alkanes of at least 4 members (excludes halogenated alkanes) is 43. The highest BCUT2D eigenvalue weighted by atomic mass is 16.6. The van der Waals surface area contributed by atoms with Gasteiger partial charge in [-0.3, -0.25) is 19.2 Å². The molecule has 572 valence electrons. The Kier molecular flexibility index (Phi) is 78.4. The SMILES string of the molecule is CCCCCCCCC(CCCCCCCC)OC(=O)CCCCCCCC(CCCCCCC)OC(=O)CCCN(C)C.CCCCCCCCCCCCC(CCCCCCCCCCCC)COC(=O)CCCCCCC(CCCCCCC)OC(=O)CCCN(C)C. The monoisotopic (exact) mass is 1360 g/mol. The van der Waals surface area contributed by atoms with Gasteiger partial charge >= 0.3 is 23.9 Å². The highest BCUT2D eigenvalue weighted by Crippen LogP contribution is 2.24. The first-order valence-electron chi connectivity index (χ1n) is 42.9. The van der Waals surface area contributed by atoms with E-state index in [2.05, 4.69) is 51.3 Å². The quantitative estimate of drug-likeness (QED) is 0.0331. The molecule has 0 aliphatic rings. The molecule has 10 nitrogen and oxygen atoms in total. The first-order chi connectivity index (χ1) is 46.8. The van der Waals surface area contributed by atoms with Crippen molar-refractivity contribution in [2.24, 2.45) is 5.92 Å². The second-order valence-electron chi connectivity index (χ2n) is 30.4. The first kappa shape index (κ1) is 95.9. The zero-order valence-electron chi connectivity index (χ0n) is 66.6. The molecular weight excluding hydrogens is 1190 g/mol. The van der Waals surface area contributed by atoms with E-state index in [4.69, 9.17) is 18.9 Å². The van der Waals surface area contributed by atoms with Crippen LogP contribution < -0.4 is 0 Å². The second-order valence-corrected chi connectivity index (χ2v) is 30.4. The van der Waals surface area contributed by atoms with Gasteiger partial charge in [0.25, 0.3) is 0 Å². The van der Waals surface area contributed by atoms with Crippen LogP contribution in [0.2, 0.25) is 0 Å². The van der Waals surface area contributed by atoms with Crippen LogP contribution in [0.5, 0.6) is 0 Å². The van der Waals surface area contributed by atoms with Crippen molar-refractivity contribution >= 4 is 23.9 Å². The summed E-state index contributed by atoms with van der Waals surface area (Å²) in [6, 6.07) is 0. The molecule has 0 aromatic heterocycles. The van der Waals surface area contributed by atoms with E-state index in [0.717, 1.165) is 135 Å². The number of carbonyl (C=O) groups is 4. The second kappa shape index (κ2) is 78.5. The van der Waals surface area contributed by atoms with Gasteiger partial charge in [0.1, 0.15) is 18.3 Å². The van der Waals surface area contributed by atoms with Gasteiger partial charge in [0.15, 0.2) is 0 Å². The number of rotatable bonds is 76. The average molecular weight is 1360 g/mol. The fourth-order valence-corrected chi connectivity index (χ4v) is 13.5. The van der Waals surface area contributed by atoms with E-state index in [1.54, 1.807) is 0 Å². The number of esters is 4. The van der Waals surface area contributed by atoms with Crippen molar-refractivity contribution in [3.63, 3.8) is 0 Å². The Balaban J connectivity index is 0. The fraction of sp³-hybridized carbons (Fsp3) is 0.953. The summed E-state index contributed by atoms with van der Waals surface area (Å²) in [4.78, 5) is 54.6. The lowest BCUT2D eigenvalue weighted by atomic mass is 9.94. The maximum atomic E-state index is 12.7. The van der Waals surface area contributed by atoms with Gasteiger partial charge in [0, 0.05) is 25.7 Å². The summed E-state index contributed by atoms with van der Waals surface area (Å²) >= 11 is 0. The van der Waals surface area contributed by atoms with Crippen molar-refractivity contribution in [2.45, 2.75) is 477 Å². The van der Waals surface area contributed by atoms with Crippen molar-refractivity contribution in [3.05, 3.63) is 0 Å². The van der Waals surface area contributed by atoms with Crippen molar-refractivity contribution in [2.75, 3.05) is 47.9 Å². The molecule has 0 radical (unpaired) electrons.